The summed E-state index contributed by atoms with van der Waals surface area (Å²) in [6, 6.07) is 26.7. The Kier molecular flexibility index (Phi) is 18.8. The summed E-state index contributed by atoms with van der Waals surface area (Å²) in [5, 5.41) is 1.10. The van der Waals surface area contributed by atoms with E-state index in [0.29, 0.717) is 46.1 Å². The molecule has 314 valence electrons. The van der Waals surface area contributed by atoms with Crippen LogP contribution in [-0.4, -0.2) is 37.6 Å². The summed E-state index contributed by atoms with van der Waals surface area (Å²) in [5.74, 6) is -0.157. The van der Waals surface area contributed by atoms with Crippen molar-refractivity contribution in [3.05, 3.63) is 139 Å². The van der Waals surface area contributed by atoms with Gasteiger partial charge >= 0.3 is 11.9 Å². The molecule has 0 aliphatic heterocycles. The molecule has 0 N–H and O–H groups in total. The van der Waals surface area contributed by atoms with Gasteiger partial charge in [-0.05, 0) is 90.7 Å². The lowest BCUT2D eigenvalue weighted by Gasteiger charge is -2.11. The SMILES string of the molecule is CCCCCCCOc1ccc(N=Cc2ccc(C(=O)Oc3cc(OC(=O)c4ccc(C=Nc5ccc(OCCCCCCC)c(Cl)c5)cc4)c(Cl)cc3Cl)cc2)cc1Cl. The summed E-state index contributed by atoms with van der Waals surface area (Å²) in [7, 11) is 0. The first-order chi connectivity index (χ1) is 29.1. The molecule has 60 heavy (non-hydrogen) atoms. The average Bonchev–Trinajstić information content (AvgIpc) is 3.25. The molecule has 5 aromatic carbocycles. The normalized spacial score (nSPS) is 11.3. The van der Waals surface area contributed by atoms with Crippen LogP contribution in [0, 0.1) is 0 Å². The fourth-order valence-electron chi connectivity index (χ4n) is 5.84. The van der Waals surface area contributed by atoms with E-state index in [9.17, 15) is 9.59 Å². The highest BCUT2D eigenvalue weighted by atomic mass is 35.5. The van der Waals surface area contributed by atoms with Crippen LogP contribution in [0.25, 0.3) is 0 Å². The van der Waals surface area contributed by atoms with E-state index >= 15 is 0 Å². The minimum absolute atomic E-state index is 0.0334. The Morgan fingerprint density at radius 2 is 0.850 bits per heavy atom. The average molecular weight is 891 g/mol. The van der Waals surface area contributed by atoms with Gasteiger partial charge in [0.25, 0.3) is 0 Å². The van der Waals surface area contributed by atoms with Crippen LogP contribution >= 0.6 is 46.4 Å². The molecule has 0 aliphatic carbocycles. The molecule has 0 saturated carbocycles. The van der Waals surface area contributed by atoms with Crippen LogP contribution in [0.5, 0.6) is 23.0 Å². The van der Waals surface area contributed by atoms with Crippen LogP contribution in [0.1, 0.15) is 110 Å². The molecule has 0 aliphatic rings. The molecule has 0 bridgehead atoms. The number of hydrogen-bond donors (Lipinski definition) is 0. The van der Waals surface area contributed by atoms with E-state index in [-0.39, 0.29) is 32.7 Å². The van der Waals surface area contributed by atoms with E-state index in [1.54, 1.807) is 73.1 Å². The lowest BCUT2D eigenvalue weighted by atomic mass is 10.1. The minimum Gasteiger partial charge on any atom is -0.492 e. The van der Waals surface area contributed by atoms with Gasteiger partial charge in [-0.15, -0.1) is 0 Å². The summed E-state index contributed by atoms with van der Waals surface area (Å²) >= 11 is 25.6. The first-order valence-electron chi connectivity index (χ1n) is 20.2. The van der Waals surface area contributed by atoms with Gasteiger partial charge in [-0.1, -0.05) is 136 Å². The molecule has 0 radical (unpaired) electrons. The number of carbonyl (C=O) groups excluding carboxylic acids is 2. The Morgan fingerprint density at radius 3 is 1.23 bits per heavy atom. The minimum atomic E-state index is -0.676. The van der Waals surface area contributed by atoms with Crippen molar-refractivity contribution in [3.8, 4) is 23.0 Å². The molecule has 0 spiro atoms. The Balaban J connectivity index is 1.12. The largest absolute Gasteiger partial charge is 0.492 e. The van der Waals surface area contributed by atoms with E-state index < -0.39 is 11.9 Å². The van der Waals surface area contributed by atoms with Gasteiger partial charge in [-0.3, -0.25) is 9.98 Å². The summed E-state index contributed by atoms with van der Waals surface area (Å²) in [5.41, 5.74) is 3.34. The van der Waals surface area contributed by atoms with Gasteiger partial charge < -0.3 is 18.9 Å². The van der Waals surface area contributed by atoms with Crippen LogP contribution in [0.3, 0.4) is 0 Å². The highest BCUT2D eigenvalue weighted by Crippen LogP contribution is 2.37. The molecule has 5 rings (SSSR count). The number of esters is 2. The number of nitrogens with zero attached hydrogens (tertiary/aromatic N) is 2. The maximum Gasteiger partial charge on any atom is 0.343 e. The molecular weight excluding hydrogens is 842 g/mol. The predicted molar refractivity (Wildman–Crippen MR) is 245 cm³/mol. The van der Waals surface area contributed by atoms with Gasteiger partial charge in [-0.2, -0.15) is 0 Å². The van der Waals surface area contributed by atoms with Crippen LogP contribution < -0.4 is 18.9 Å². The van der Waals surface area contributed by atoms with Gasteiger partial charge in [0.05, 0.1) is 55.8 Å². The number of unbranched alkanes of at least 4 members (excludes halogenated alkanes) is 8. The molecule has 0 saturated heterocycles. The first-order valence-corrected chi connectivity index (χ1v) is 21.7. The number of benzene rings is 5. The molecule has 12 heteroatoms. The number of carbonyl (C=O) groups is 2. The monoisotopic (exact) mass is 888 g/mol. The van der Waals surface area contributed by atoms with Crippen molar-refractivity contribution in [2.45, 2.75) is 78.1 Å². The van der Waals surface area contributed by atoms with Gasteiger partial charge in [0, 0.05) is 18.5 Å². The van der Waals surface area contributed by atoms with Crippen molar-refractivity contribution in [2.75, 3.05) is 13.2 Å². The zero-order valence-corrected chi connectivity index (χ0v) is 36.8. The van der Waals surface area contributed by atoms with Gasteiger partial charge in [0.15, 0.2) is 11.5 Å². The fourth-order valence-corrected chi connectivity index (χ4v) is 6.76. The van der Waals surface area contributed by atoms with E-state index in [1.807, 2.05) is 24.3 Å². The Bertz CT molecular complexity index is 2090. The molecular formula is C48H48Cl4N2O6. The molecule has 8 nitrogen and oxygen atoms in total. The first kappa shape index (κ1) is 46.2. The Hall–Kier alpha value is -4.86. The third-order valence-corrected chi connectivity index (χ3v) is 10.4. The molecule has 0 heterocycles. The third kappa shape index (κ3) is 14.7. The van der Waals surface area contributed by atoms with Crippen molar-refractivity contribution in [2.24, 2.45) is 9.98 Å². The van der Waals surface area contributed by atoms with Crippen LogP contribution in [-0.2, 0) is 0 Å². The van der Waals surface area contributed by atoms with Gasteiger partial charge in [-0.25, -0.2) is 9.59 Å². The number of halogens is 4. The number of hydrogen-bond acceptors (Lipinski definition) is 8. The van der Waals surface area contributed by atoms with Crippen molar-refractivity contribution in [1.29, 1.82) is 0 Å². The topological polar surface area (TPSA) is 95.8 Å². The van der Waals surface area contributed by atoms with E-state index in [1.165, 1.54) is 50.7 Å². The van der Waals surface area contributed by atoms with E-state index in [4.69, 9.17) is 65.4 Å². The number of ether oxygens (including phenoxy) is 4. The predicted octanol–water partition coefficient (Wildman–Crippen LogP) is 14.9. The van der Waals surface area contributed by atoms with Gasteiger partial charge in [0.2, 0.25) is 0 Å². The van der Waals surface area contributed by atoms with Crippen molar-refractivity contribution >= 4 is 82.1 Å². The standard InChI is InChI=1S/C48H48Cl4N2O6/c1-3-5-7-9-11-25-57-43-23-21-37(27-39(43)49)53-31-33-13-17-35(18-14-33)47(55)59-45-30-46(42(52)29-41(45)51)60-48(56)36-19-15-34(16-20-36)32-54-38-22-24-44(40(50)28-38)58-26-12-10-8-6-4-2/h13-24,27-32H,3-12,25-26H2,1-2H3. The summed E-state index contributed by atoms with van der Waals surface area (Å²) in [6.07, 6.45) is 14.9. The third-order valence-electron chi connectivity index (χ3n) is 9.25. The molecule has 0 aromatic heterocycles. The summed E-state index contributed by atoms with van der Waals surface area (Å²) < 4.78 is 22.8. The van der Waals surface area contributed by atoms with Crippen LogP contribution in [0.2, 0.25) is 20.1 Å². The second-order valence-corrected chi connectivity index (χ2v) is 15.6. The number of aliphatic imine (C=N–C) groups is 2. The van der Waals surface area contributed by atoms with Crippen molar-refractivity contribution in [3.63, 3.8) is 0 Å². The summed E-state index contributed by atoms with van der Waals surface area (Å²) in [6.45, 7) is 5.63. The van der Waals surface area contributed by atoms with Gasteiger partial charge in [0.1, 0.15) is 11.5 Å². The Labute approximate surface area is 372 Å². The quantitative estimate of drug-likeness (QED) is 0.0297. The van der Waals surface area contributed by atoms with E-state index in [2.05, 4.69) is 23.8 Å². The highest BCUT2D eigenvalue weighted by Gasteiger charge is 2.18. The highest BCUT2D eigenvalue weighted by molar-refractivity contribution is 6.36. The zero-order chi connectivity index (χ0) is 42.7. The zero-order valence-electron chi connectivity index (χ0n) is 33.7. The summed E-state index contributed by atoms with van der Waals surface area (Å²) in [4.78, 5) is 35.2. The maximum atomic E-state index is 13.1. The van der Waals surface area contributed by atoms with Crippen molar-refractivity contribution < 1.29 is 28.5 Å². The second-order valence-electron chi connectivity index (χ2n) is 14.0. The molecule has 0 fully saturated rings. The molecule has 0 unspecified atom stereocenters. The molecule has 0 atom stereocenters. The van der Waals surface area contributed by atoms with Crippen LogP contribution in [0.4, 0.5) is 11.4 Å². The van der Waals surface area contributed by atoms with Crippen molar-refractivity contribution in [1.82, 2.24) is 0 Å². The molecule has 0 amide bonds. The smallest absolute Gasteiger partial charge is 0.343 e. The lowest BCUT2D eigenvalue weighted by molar-refractivity contribution is 0.0733. The maximum absolute atomic E-state index is 13.1. The number of rotatable bonds is 22. The lowest BCUT2D eigenvalue weighted by Crippen LogP contribution is -2.11. The fraction of sp³-hybridized carbons (Fsp3) is 0.292. The molecule has 5 aromatic rings. The second kappa shape index (κ2) is 24.4. The Morgan fingerprint density at radius 1 is 0.467 bits per heavy atom. The van der Waals surface area contributed by atoms with E-state index in [0.717, 1.165) is 36.8 Å². The van der Waals surface area contributed by atoms with Crippen LogP contribution in [0.15, 0.2) is 107 Å².